The molecule has 0 radical (unpaired) electrons. The molecule has 7 heteroatoms. The number of nitrogens with two attached hydrogens (primary N) is 1. The molecule has 0 unspecified atom stereocenters. The SMILES string of the molecule is C[C@H](NC(=O)c1ccc(C(=O)c2ccccc2)cc1)c1ccc(S(N)(=O)=O)cc1. The van der Waals surface area contributed by atoms with Gasteiger partial charge in [0.25, 0.3) is 5.91 Å². The zero-order chi connectivity index (χ0) is 21.0. The van der Waals surface area contributed by atoms with E-state index >= 15 is 0 Å². The lowest BCUT2D eigenvalue weighted by Crippen LogP contribution is -2.26. The van der Waals surface area contributed by atoms with Crippen molar-refractivity contribution in [2.24, 2.45) is 5.14 Å². The van der Waals surface area contributed by atoms with Crippen molar-refractivity contribution in [1.29, 1.82) is 0 Å². The number of ketones is 1. The number of carbonyl (C=O) groups is 2. The lowest BCUT2D eigenvalue weighted by Gasteiger charge is -2.15. The summed E-state index contributed by atoms with van der Waals surface area (Å²) in [7, 11) is -3.76. The van der Waals surface area contributed by atoms with Gasteiger partial charge in [0.15, 0.2) is 5.78 Å². The highest BCUT2D eigenvalue weighted by Gasteiger charge is 2.14. The van der Waals surface area contributed by atoms with E-state index in [9.17, 15) is 18.0 Å². The van der Waals surface area contributed by atoms with E-state index in [1.54, 1.807) is 67.6 Å². The molecule has 0 fully saturated rings. The van der Waals surface area contributed by atoms with Crippen molar-refractivity contribution >= 4 is 21.7 Å². The summed E-state index contributed by atoms with van der Waals surface area (Å²) in [5.74, 6) is -0.410. The number of primary sulfonamides is 1. The Kier molecular flexibility index (Phi) is 5.91. The number of carbonyl (C=O) groups excluding carboxylic acids is 2. The van der Waals surface area contributed by atoms with E-state index in [2.05, 4.69) is 5.32 Å². The van der Waals surface area contributed by atoms with E-state index in [0.717, 1.165) is 5.56 Å². The second kappa shape index (κ2) is 8.38. The van der Waals surface area contributed by atoms with Crippen molar-refractivity contribution in [3.63, 3.8) is 0 Å². The van der Waals surface area contributed by atoms with Crippen LogP contribution in [0, 0.1) is 0 Å². The molecular formula is C22H20N2O4S. The fraction of sp³-hybridized carbons (Fsp3) is 0.0909. The van der Waals surface area contributed by atoms with Gasteiger partial charge in [-0.1, -0.05) is 54.6 Å². The summed E-state index contributed by atoms with van der Waals surface area (Å²) in [4.78, 5) is 24.9. The number of sulfonamides is 1. The van der Waals surface area contributed by atoms with Gasteiger partial charge in [0, 0.05) is 16.7 Å². The van der Waals surface area contributed by atoms with Crippen molar-refractivity contribution in [2.45, 2.75) is 17.9 Å². The number of amides is 1. The lowest BCUT2D eigenvalue weighted by molar-refractivity contribution is 0.0938. The van der Waals surface area contributed by atoms with Crippen LogP contribution in [-0.2, 0) is 10.0 Å². The Balaban J connectivity index is 1.68. The molecule has 0 aromatic heterocycles. The van der Waals surface area contributed by atoms with Crippen LogP contribution in [0.3, 0.4) is 0 Å². The Labute approximate surface area is 169 Å². The topological polar surface area (TPSA) is 106 Å². The summed E-state index contributed by atoms with van der Waals surface area (Å²) in [5, 5.41) is 7.94. The first-order chi connectivity index (χ1) is 13.8. The molecule has 0 saturated carbocycles. The summed E-state index contributed by atoms with van der Waals surface area (Å²) in [6, 6.07) is 21.0. The molecule has 0 spiro atoms. The average Bonchev–Trinajstić information content (AvgIpc) is 2.73. The summed E-state index contributed by atoms with van der Waals surface area (Å²) in [6.07, 6.45) is 0. The minimum Gasteiger partial charge on any atom is -0.346 e. The Hall–Kier alpha value is -3.29. The first-order valence-corrected chi connectivity index (χ1v) is 10.4. The highest BCUT2D eigenvalue weighted by atomic mass is 32.2. The maximum absolute atomic E-state index is 12.5. The average molecular weight is 408 g/mol. The minimum absolute atomic E-state index is 0.0125. The van der Waals surface area contributed by atoms with Gasteiger partial charge >= 0.3 is 0 Å². The van der Waals surface area contributed by atoms with Gasteiger partial charge in [-0.05, 0) is 36.8 Å². The molecular weight excluding hydrogens is 388 g/mol. The highest BCUT2D eigenvalue weighted by molar-refractivity contribution is 7.89. The van der Waals surface area contributed by atoms with Crippen molar-refractivity contribution in [1.82, 2.24) is 5.32 Å². The zero-order valence-electron chi connectivity index (χ0n) is 15.7. The highest BCUT2D eigenvalue weighted by Crippen LogP contribution is 2.17. The van der Waals surface area contributed by atoms with Gasteiger partial charge < -0.3 is 5.32 Å². The maximum Gasteiger partial charge on any atom is 0.251 e. The molecule has 0 heterocycles. The summed E-state index contributed by atoms with van der Waals surface area (Å²) < 4.78 is 22.7. The molecule has 0 aliphatic heterocycles. The molecule has 1 atom stereocenters. The third-order valence-electron chi connectivity index (χ3n) is 4.50. The second-order valence-electron chi connectivity index (χ2n) is 6.58. The van der Waals surface area contributed by atoms with E-state index in [1.807, 2.05) is 6.07 Å². The van der Waals surface area contributed by atoms with E-state index in [1.165, 1.54) is 12.1 Å². The fourth-order valence-electron chi connectivity index (χ4n) is 2.84. The van der Waals surface area contributed by atoms with Gasteiger partial charge in [0.1, 0.15) is 0 Å². The van der Waals surface area contributed by atoms with Gasteiger partial charge in [-0.15, -0.1) is 0 Å². The standard InChI is InChI=1S/C22H20N2O4S/c1-15(16-11-13-20(14-12-16)29(23,27)28)24-22(26)19-9-7-18(8-10-19)21(25)17-5-3-2-4-6-17/h2-15H,1H3,(H,24,26)(H2,23,27,28)/t15-/m0/s1. The smallest absolute Gasteiger partial charge is 0.251 e. The molecule has 0 saturated heterocycles. The molecule has 3 aromatic carbocycles. The van der Waals surface area contributed by atoms with Gasteiger partial charge in [0.05, 0.1) is 10.9 Å². The largest absolute Gasteiger partial charge is 0.346 e. The Morgan fingerprint density at radius 3 is 1.86 bits per heavy atom. The third-order valence-corrected chi connectivity index (χ3v) is 5.43. The number of nitrogens with one attached hydrogen (secondary N) is 1. The van der Waals surface area contributed by atoms with Crippen LogP contribution in [0.25, 0.3) is 0 Å². The quantitative estimate of drug-likeness (QED) is 0.611. The Bertz CT molecular complexity index is 1120. The molecule has 6 nitrogen and oxygen atoms in total. The van der Waals surface area contributed by atoms with Crippen molar-refractivity contribution < 1.29 is 18.0 Å². The van der Waals surface area contributed by atoms with Crippen LogP contribution in [0.15, 0.2) is 83.8 Å². The second-order valence-corrected chi connectivity index (χ2v) is 8.14. The van der Waals surface area contributed by atoms with E-state index in [0.29, 0.717) is 16.7 Å². The third kappa shape index (κ3) is 4.96. The number of benzene rings is 3. The normalized spacial score (nSPS) is 12.2. The summed E-state index contributed by atoms with van der Waals surface area (Å²) in [6.45, 7) is 1.79. The molecule has 3 rings (SSSR count). The monoisotopic (exact) mass is 408 g/mol. The van der Waals surface area contributed by atoms with Crippen molar-refractivity contribution in [2.75, 3.05) is 0 Å². The first-order valence-electron chi connectivity index (χ1n) is 8.89. The van der Waals surface area contributed by atoms with Crippen LogP contribution >= 0.6 is 0 Å². The zero-order valence-corrected chi connectivity index (χ0v) is 16.5. The predicted octanol–water partition coefficient (Wildman–Crippen LogP) is 3.06. The number of hydrogen-bond acceptors (Lipinski definition) is 4. The van der Waals surface area contributed by atoms with E-state index < -0.39 is 10.0 Å². The first kappa shape index (κ1) is 20.4. The lowest BCUT2D eigenvalue weighted by atomic mass is 10.0. The van der Waals surface area contributed by atoms with Crippen LogP contribution in [0.5, 0.6) is 0 Å². The molecule has 0 aliphatic rings. The van der Waals surface area contributed by atoms with Crippen LogP contribution in [0.2, 0.25) is 0 Å². The predicted molar refractivity (Wildman–Crippen MR) is 110 cm³/mol. The molecule has 0 aliphatic carbocycles. The molecule has 3 aromatic rings. The van der Waals surface area contributed by atoms with E-state index in [4.69, 9.17) is 5.14 Å². The van der Waals surface area contributed by atoms with Gasteiger partial charge in [0.2, 0.25) is 10.0 Å². The summed E-state index contributed by atoms with van der Waals surface area (Å²) >= 11 is 0. The number of rotatable bonds is 6. The van der Waals surface area contributed by atoms with Crippen LogP contribution in [-0.4, -0.2) is 20.1 Å². The minimum atomic E-state index is -3.76. The Morgan fingerprint density at radius 1 is 0.793 bits per heavy atom. The van der Waals surface area contributed by atoms with Crippen LogP contribution in [0.4, 0.5) is 0 Å². The summed E-state index contributed by atoms with van der Waals surface area (Å²) in [5.41, 5.74) is 2.24. The number of hydrogen-bond donors (Lipinski definition) is 2. The molecule has 0 bridgehead atoms. The van der Waals surface area contributed by atoms with Gasteiger partial charge in [-0.25, -0.2) is 13.6 Å². The van der Waals surface area contributed by atoms with Gasteiger partial charge in [-0.3, -0.25) is 9.59 Å². The fourth-order valence-corrected chi connectivity index (χ4v) is 3.35. The van der Waals surface area contributed by atoms with Crippen molar-refractivity contribution in [3.8, 4) is 0 Å². The molecule has 3 N–H and O–H groups in total. The van der Waals surface area contributed by atoms with E-state index in [-0.39, 0.29) is 22.6 Å². The van der Waals surface area contributed by atoms with Crippen LogP contribution < -0.4 is 10.5 Å². The molecule has 1 amide bonds. The molecule has 148 valence electrons. The van der Waals surface area contributed by atoms with Crippen molar-refractivity contribution in [3.05, 3.63) is 101 Å². The maximum atomic E-state index is 12.5. The van der Waals surface area contributed by atoms with Gasteiger partial charge in [-0.2, -0.15) is 0 Å². The Morgan fingerprint density at radius 2 is 1.31 bits per heavy atom. The van der Waals surface area contributed by atoms with Crippen LogP contribution in [0.1, 0.15) is 44.8 Å². The molecule has 29 heavy (non-hydrogen) atoms.